The van der Waals surface area contributed by atoms with Gasteiger partial charge in [0.25, 0.3) is 0 Å². The van der Waals surface area contributed by atoms with Gasteiger partial charge in [0, 0.05) is 45.5 Å². The number of carbonyl (C=O) groups excluding carboxylic acids is 1. The fourth-order valence-corrected chi connectivity index (χ4v) is 3.91. The quantitative estimate of drug-likeness (QED) is 0.588. The van der Waals surface area contributed by atoms with E-state index in [9.17, 15) is 22.4 Å². The van der Waals surface area contributed by atoms with Crippen molar-refractivity contribution in [3.63, 3.8) is 0 Å². The first-order valence-corrected chi connectivity index (χ1v) is 11.4. The van der Waals surface area contributed by atoms with Gasteiger partial charge in [-0.2, -0.15) is 13.2 Å². The molecule has 4 rings (SSSR count). The molecule has 3 heterocycles. The van der Waals surface area contributed by atoms with Crippen LogP contribution in [0.1, 0.15) is 18.5 Å². The summed E-state index contributed by atoms with van der Waals surface area (Å²) in [5.41, 5.74) is 1.17. The number of halogens is 4. The average molecular weight is 516 g/mol. The molecule has 1 unspecified atom stereocenters. The van der Waals surface area contributed by atoms with E-state index < -0.39 is 18.0 Å². The fourth-order valence-electron chi connectivity index (χ4n) is 3.91. The Morgan fingerprint density at radius 2 is 1.86 bits per heavy atom. The number of carboxylic acids is 1. The van der Waals surface area contributed by atoms with E-state index >= 15 is 0 Å². The maximum atomic E-state index is 13.8. The molecule has 10 nitrogen and oxygen atoms in total. The summed E-state index contributed by atoms with van der Waals surface area (Å²) in [6, 6.07) is 5.96. The number of alkyl halides is 3. The highest BCUT2D eigenvalue weighted by Crippen LogP contribution is 2.20. The number of carboxylic acid groups (broad SMARTS) is 1. The van der Waals surface area contributed by atoms with Crippen LogP contribution < -0.4 is 5.32 Å². The lowest BCUT2D eigenvalue weighted by Crippen LogP contribution is -2.43. The molecule has 2 saturated heterocycles. The van der Waals surface area contributed by atoms with Gasteiger partial charge in [-0.05, 0) is 30.9 Å². The van der Waals surface area contributed by atoms with Gasteiger partial charge in [-0.15, -0.1) is 5.10 Å². The Balaban J connectivity index is 0.000000454. The molecule has 14 heteroatoms. The Hall–Kier alpha value is -3.26. The maximum Gasteiger partial charge on any atom is 0.490 e. The summed E-state index contributed by atoms with van der Waals surface area (Å²) in [5.74, 6) is -2.88. The number of hydrogen-bond acceptors (Lipinski definition) is 6. The lowest BCUT2D eigenvalue weighted by atomic mass is 9.98. The number of ether oxygens (including phenoxy) is 1. The molecule has 2 aromatic rings. The number of nitrogens with zero attached hydrogens (tertiary/aromatic N) is 5. The summed E-state index contributed by atoms with van der Waals surface area (Å²) in [7, 11) is 0. The predicted molar refractivity (Wildman–Crippen MR) is 120 cm³/mol. The van der Waals surface area contributed by atoms with Crippen LogP contribution in [0.2, 0.25) is 0 Å². The SMILES string of the molecule is O=C(Nc1ccccc1F)N1CCCC(Cn2cc(CN3CCOCC3)nn2)C1.O=C(O)C(F)(F)F. The van der Waals surface area contributed by atoms with Crippen LogP contribution in [-0.2, 0) is 22.6 Å². The Bertz CT molecular complexity index is 1010. The predicted octanol–water partition coefficient (Wildman–Crippen LogP) is 2.83. The molecule has 0 spiro atoms. The monoisotopic (exact) mass is 516 g/mol. The number of nitrogens with one attached hydrogen (secondary N) is 1. The molecule has 1 aromatic carbocycles. The number of piperidine rings is 1. The number of likely N-dealkylation sites (tertiary alicyclic amines) is 1. The summed E-state index contributed by atoms with van der Waals surface area (Å²) < 4.78 is 52.8. The van der Waals surface area contributed by atoms with Gasteiger partial charge in [-0.1, -0.05) is 17.3 Å². The first-order valence-electron chi connectivity index (χ1n) is 11.4. The van der Waals surface area contributed by atoms with Crippen molar-refractivity contribution >= 4 is 17.7 Å². The van der Waals surface area contributed by atoms with Crippen LogP contribution >= 0.6 is 0 Å². The zero-order valence-corrected chi connectivity index (χ0v) is 19.5. The zero-order valence-electron chi connectivity index (χ0n) is 19.5. The summed E-state index contributed by atoms with van der Waals surface area (Å²) in [5, 5.41) is 18.4. The molecule has 2 aliphatic heterocycles. The number of amides is 2. The third-order valence-corrected chi connectivity index (χ3v) is 5.68. The van der Waals surface area contributed by atoms with Gasteiger partial charge in [-0.25, -0.2) is 14.0 Å². The molecule has 2 fully saturated rings. The molecule has 36 heavy (non-hydrogen) atoms. The van der Waals surface area contributed by atoms with E-state index in [-0.39, 0.29) is 11.7 Å². The van der Waals surface area contributed by atoms with Crippen molar-refractivity contribution in [1.82, 2.24) is 24.8 Å². The van der Waals surface area contributed by atoms with E-state index in [2.05, 4.69) is 20.5 Å². The molecule has 198 valence electrons. The Morgan fingerprint density at radius 3 is 2.53 bits per heavy atom. The number of rotatable bonds is 5. The first kappa shape index (κ1) is 27.3. The molecule has 1 aromatic heterocycles. The smallest absolute Gasteiger partial charge is 0.475 e. The lowest BCUT2D eigenvalue weighted by molar-refractivity contribution is -0.192. The number of benzene rings is 1. The molecule has 0 aliphatic carbocycles. The van der Waals surface area contributed by atoms with E-state index in [4.69, 9.17) is 14.6 Å². The summed E-state index contributed by atoms with van der Waals surface area (Å²) in [4.78, 5) is 25.5. The molecular weight excluding hydrogens is 488 g/mol. The summed E-state index contributed by atoms with van der Waals surface area (Å²) >= 11 is 0. The fraction of sp³-hybridized carbons (Fsp3) is 0.545. The maximum absolute atomic E-state index is 13.8. The number of urea groups is 1. The Labute approximate surface area is 204 Å². The summed E-state index contributed by atoms with van der Waals surface area (Å²) in [6.45, 7) is 6.17. The van der Waals surface area contributed by atoms with Crippen molar-refractivity contribution in [3.8, 4) is 0 Å². The van der Waals surface area contributed by atoms with Gasteiger partial charge < -0.3 is 20.1 Å². The molecule has 1 atom stereocenters. The number of carbonyl (C=O) groups is 2. The highest BCUT2D eigenvalue weighted by Gasteiger charge is 2.38. The standard InChI is InChI=1S/C20H27FN6O2.C2HF3O2/c21-18-5-1-2-6-19(18)22-20(28)26-7-3-4-16(12-26)13-27-15-17(23-24-27)14-25-8-10-29-11-9-25;3-2(4,5)1(6)7/h1-2,5-6,15-16H,3-4,7-14H2,(H,22,28);(H,6,7). The molecule has 0 bridgehead atoms. The molecular formula is C22H28F4N6O4. The van der Waals surface area contributed by atoms with Gasteiger partial charge in [0.15, 0.2) is 0 Å². The normalized spacial score (nSPS) is 18.8. The van der Waals surface area contributed by atoms with Crippen molar-refractivity contribution < 1.29 is 37.0 Å². The topological polar surface area (TPSA) is 113 Å². The second kappa shape index (κ2) is 12.6. The van der Waals surface area contributed by atoms with Crippen LogP contribution in [0.15, 0.2) is 30.5 Å². The number of para-hydroxylation sites is 1. The van der Waals surface area contributed by atoms with E-state index in [1.165, 1.54) is 6.07 Å². The van der Waals surface area contributed by atoms with Crippen molar-refractivity contribution in [3.05, 3.63) is 42.0 Å². The van der Waals surface area contributed by atoms with E-state index in [0.717, 1.165) is 57.9 Å². The van der Waals surface area contributed by atoms with Gasteiger partial charge in [0.2, 0.25) is 0 Å². The van der Waals surface area contributed by atoms with Crippen molar-refractivity contribution in [1.29, 1.82) is 0 Å². The van der Waals surface area contributed by atoms with Crippen LogP contribution in [0.25, 0.3) is 0 Å². The van der Waals surface area contributed by atoms with E-state index in [1.807, 2.05) is 10.9 Å². The van der Waals surface area contributed by atoms with Crippen LogP contribution in [0.3, 0.4) is 0 Å². The molecule has 2 N–H and O–H groups in total. The van der Waals surface area contributed by atoms with Crippen molar-refractivity contribution in [2.24, 2.45) is 5.92 Å². The first-order chi connectivity index (χ1) is 17.1. The zero-order chi connectivity index (χ0) is 26.1. The minimum atomic E-state index is -5.08. The molecule has 2 amide bonds. The van der Waals surface area contributed by atoms with Crippen LogP contribution in [0.5, 0.6) is 0 Å². The average Bonchev–Trinajstić information content (AvgIpc) is 3.27. The minimum absolute atomic E-state index is 0.212. The minimum Gasteiger partial charge on any atom is -0.475 e. The molecule has 0 saturated carbocycles. The number of hydrogen-bond donors (Lipinski definition) is 2. The second-order valence-electron chi connectivity index (χ2n) is 8.49. The highest BCUT2D eigenvalue weighted by molar-refractivity contribution is 5.89. The lowest BCUT2D eigenvalue weighted by Gasteiger charge is -2.32. The summed E-state index contributed by atoms with van der Waals surface area (Å²) in [6.07, 6.45) is -1.14. The third-order valence-electron chi connectivity index (χ3n) is 5.68. The van der Waals surface area contributed by atoms with Gasteiger partial charge >= 0.3 is 18.2 Å². The van der Waals surface area contributed by atoms with Gasteiger partial charge in [-0.3, -0.25) is 9.58 Å². The Kier molecular flexibility index (Phi) is 9.58. The molecule has 0 radical (unpaired) electrons. The van der Waals surface area contributed by atoms with Gasteiger partial charge in [0.1, 0.15) is 5.82 Å². The van der Waals surface area contributed by atoms with Crippen LogP contribution in [0, 0.1) is 11.7 Å². The van der Waals surface area contributed by atoms with E-state index in [1.54, 1.807) is 23.1 Å². The van der Waals surface area contributed by atoms with Crippen LogP contribution in [0.4, 0.5) is 28.0 Å². The second-order valence-corrected chi connectivity index (χ2v) is 8.49. The highest BCUT2D eigenvalue weighted by atomic mass is 19.4. The van der Waals surface area contributed by atoms with Crippen molar-refractivity contribution in [2.75, 3.05) is 44.7 Å². The third kappa shape index (κ3) is 8.45. The number of morpholine rings is 1. The van der Waals surface area contributed by atoms with Crippen LogP contribution in [-0.4, -0.2) is 87.5 Å². The number of anilines is 1. The Morgan fingerprint density at radius 1 is 1.17 bits per heavy atom. The van der Waals surface area contributed by atoms with E-state index in [0.29, 0.717) is 19.0 Å². The van der Waals surface area contributed by atoms with Gasteiger partial charge in [0.05, 0.1) is 24.6 Å². The number of aliphatic carboxylic acids is 1. The van der Waals surface area contributed by atoms with Crippen molar-refractivity contribution in [2.45, 2.75) is 32.1 Å². The largest absolute Gasteiger partial charge is 0.490 e. The number of aromatic nitrogens is 3. The molecule has 2 aliphatic rings.